The third-order valence-electron chi connectivity index (χ3n) is 4.04. The molecule has 114 valence electrons. The Kier molecular flexibility index (Phi) is 3.07. The first-order valence-corrected chi connectivity index (χ1v) is 7.36. The highest BCUT2D eigenvalue weighted by atomic mass is 16.4. The van der Waals surface area contributed by atoms with Crippen molar-refractivity contribution in [3.05, 3.63) is 72.0 Å². The van der Waals surface area contributed by atoms with Crippen molar-refractivity contribution in [2.45, 2.75) is 0 Å². The molecule has 0 saturated carbocycles. The SMILES string of the molecule is N#Cc1cccc(-c2cc3cc(C(=O)O)oc3c3ccccc23)c1. The average Bonchev–Trinajstić information content (AvgIpc) is 3.06. The van der Waals surface area contributed by atoms with Crippen LogP contribution in [-0.2, 0) is 0 Å². The number of carbonyl (C=O) groups is 1. The minimum Gasteiger partial charge on any atom is -0.475 e. The van der Waals surface area contributed by atoms with Gasteiger partial charge in [-0.3, -0.25) is 0 Å². The second-order valence-electron chi connectivity index (χ2n) is 5.50. The van der Waals surface area contributed by atoms with Crippen molar-refractivity contribution in [2.24, 2.45) is 0 Å². The summed E-state index contributed by atoms with van der Waals surface area (Å²) in [5, 5.41) is 20.8. The summed E-state index contributed by atoms with van der Waals surface area (Å²) in [6.45, 7) is 0. The van der Waals surface area contributed by atoms with E-state index in [1.807, 2.05) is 48.5 Å². The van der Waals surface area contributed by atoms with Crippen LogP contribution in [0.15, 0.2) is 65.1 Å². The van der Waals surface area contributed by atoms with Gasteiger partial charge < -0.3 is 9.52 Å². The Morgan fingerprint density at radius 1 is 1.00 bits per heavy atom. The molecule has 0 atom stereocenters. The average molecular weight is 313 g/mol. The molecular weight excluding hydrogens is 302 g/mol. The third kappa shape index (κ3) is 2.11. The zero-order chi connectivity index (χ0) is 16.7. The molecule has 4 rings (SSSR count). The van der Waals surface area contributed by atoms with Gasteiger partial charge in [-0.05, 0) is 40.8 Å². The normalized spacial score (nSPS) is 10.8. The predicted octanol–water partition coefficient (Wildman–Crippen LogP) is 4.82. The minimum atomic E-state index is -1.09. The van der Waals surface area contributed by atoms with E-state index in [2.05, 4.69) is 6.07 Å². The molecule has 4 heteroatoms. The molecular formula is C20H11NO3. The molecule has 1 N–H and O–H groups in total. The third-order valence-corrected chi connectivity index (χ3v) is 4.04. The van der Waals surface area contributed by atoms with Crippen LogP contribution in [-0.4, -0.2) is 11.1 Å². The van der Waals surface area contributed by atoms with Crippen molar-refractivity contribution < 1.29 is 14.3 Å². The number of benzene rings is 3. The van der Waals surface area contributed by atoms with E-state index in [0.717, 1.165) is 27.3 Å². The number of hydrogen-bond donors (Lipinski definition) is 1. The lowest BCUT2D eigenvalue weighted by molar-refractivity contribution is 0.0665. The van der Waals surface area contributed by atoms with Crippen LogP contribution in [0, 0.1) is 11.3 Å². The molecule has 0 unspecified atom stereocenters. The molecule has 4 nitrogen and oxygen atoms in total. The lowest BCUT2D eigenvalue weighted by atomic mass is 9.95. The fourth-order valence-corrected chi connectivity index (χ4v) is 2.97. The molecule has 0 aliphatic carbocycles. The first-order chi connectivity index (χ1) is 11.7. The van der Waals surface area contributed by atoms with E-state index in [1.165, 1.54) is 6.07 Å². The van der Waals surface area contributed by atoms with Crippen LogP contribution in [0.5, 0.6) is 0 Å². The number of aromatic carboxylic acids is 1. The van der Waals surface area contributed by atoms with Crippen molar-refractivity contribution in [3.8, 4) is 17.2 Å². The number of nitrogens with zero attached hydrogens (tertiary/aromatic N) is 1. The highest BCUT2D eigenvalue weighted by Gasteiger charge is 2.15. The van der Waals surface area contributed by atoms with Crippen LogP contribution < -0.4 is 0 Å². The van der Waals surface area contributed by atoms with Crippen molar-refractivity contribution in [2.75, 3.05) is 0 Å². The zero-order valence-corrected chi connectivity index (χ0v) is 12.5. The molecule has 0 aliphatic rings. The number of carboxylic acid groups (broad SMARTS) is 1. The molecule has 0 bridgehead atoms. The fourth-order valence-electron chi connectivity index (χ4n) is 2.97. The number of rotatable bonds is 2. The summed E-state index contributed by atoms with van der Waals surface area (Å²) in [5.41, 5.74) is 2.98. The molecule has 1 aromatic heterocycles. The van der Waals surface area contributed by atoms with Gasteiger partial charge in [0.15, 0.2) is 0 Å². The molecule has 1 heterocycles. The second-order valence-corrected chi connectivity index (χ2v) is 5.50. The monoisotopic (exact) mass is 313 g/mol. The second kappa shape index (κ2) is 5.25. The Balaban J connectivity index is 2.10. The van der Waals surface area contributed by atoms with Crippen LogP contribution in [0.25, 0.3) is 32.9 Å². The summed E-state index contributed by atoms with van der Waals surface area (Å²) in [7, 11) is 0. The van der Waals surface area contributed by atoms with Gasteiger partial charge in [0.05, 0.1) is 11.6 Å². The molecule has 0 aliphatic heterocycles. The number of fused-ring (bicyclic) bond motifs is 3. The lowest BCUT2D eigenvalue weighted by Gasteiger charge is -2.08. The molecule has 4 aromatic rings. The van der Waals surface area contributed by atoms with E-state index in [1.54, 1.807) is 6.07 Å². The van der Waals surface area contributed by atoms with E-state index in [4.69, 9.17) is 9.68 Å². The smallest absolute Gasteiger partial charge is 0.371 e. The zero-order valence-electron chi connectivity index (χ0n) is 12.5. The Morgan fingerprint density at radius 2 is 1.79 bits per heavy atom. The summed E-state index contributed by atoms with van der Waals surface area (Å²) in [6, 6.07) is 20.6. The van der Waals surface area contributed by atoms with Gasteiger partial charge in [-0.1, -0.05) is 36.4 Å². The summed E-state index contributed by atoms with van der Waals surface area (Å²) in [6.07, 6.45) is 0. The maximum Gasteiger partial charge on any atom is 0.371 e. The van der Waals surface area contributed by atoms with E-state index in [-0.39, 0.29) is 5.76 Å². The first-order valence-electron chi connectivity index (χ1n) is 7.36. The Morgan fingerprint density at radius 3 is 2.54 bits per heavy atom. The highest BCUT2D eigenvalue weighted by molar-refractivity contribution is 6.12. The number of nitriles is 1. The quantitative estimate of drug-likeness (QED) is 0.575. The lowest BCUT2D eigenvalue weighted by Crippen LogP contribution is -1.91. The van der Waals surface area contributed by atoms with E-state index >= 15 is 0 Å². The van der Waals surface area contributed by atoms with Gasteiger partial charge in [0.1, 0.15) is 5.58 Å². The maximum absolute atomic E-state index is 11.2. The van der Waals surface area contributed by atoms with Gasteiger partial charge in [-0.25, -0.2) is 4.79 Å². The molecule has 0 fully saturated rings. The number of carboxylic acids is 1. The molecule has 24 heavy (non-hydrogen) atoms. The Hall–Kier alpha value is -3.58. The van der Waals surface area contributed by atoms with Crippen molar-refractivity contribution in [3.63, 3.8) is 0 Å². The maximum atomic E-state index is 11.2. The van der Waals surface area contributed by atoms with Gasteiger partial charge in [-0.15, -0.1) is 0 Å². The van der Waals surface area contributed by atoms with Crippen LogP contribution in [0.2, 0.25) is 0 Å². The summed E-state index contributed by atoms with van der Waals surface area (Å²) < 4.78 is 5.53. The summed E-state index contributed by atoms with van der Waals surface area (Å²) in [5.74, 6) is -1.18. The summed E-state index contributed by atoms with van der Waals surface area (Å²) >= 11 is 0. The fraction of sp³-hybridized carbons (Fsp3) is 0. The van der Waals surface area contributed by atoms with Gasteiger partial charge in [0.25, 0.3) is 0 Å². The molecule has 0 radical (unpaired) electrons. The van der Waals surface area contributed by atoms with Gasteiger partial charge in [0, 0.05) is 10.8 Å². The van der Waals surface area contributed by atoms with Gasteiger partial charge in [-0.2, -0.15) is 5.26 Å². The number of furan rings is 1. The van der Waals surface area contributed by atoms with E-state index in [9.17, 15) is 9.90 Å². The Labute approximate surface area is 137 Å². The molecule has 3 aromatic carbocycles. The minimum absolute atomic E-state index is 0.0851. The standard InChI is InChI=1S/C20H11NO3/c21-11-12-4-3-5-13(8-12)17-9-14-10-18(20(22)23)24-19(14)16-7-2-1-6-15(16)17/h1-10H,(H,22,23). The Bertz CT molecular complexity index is 1150. The largest absolute Gasteiger partial charge is 0.475 e. The van der Waals surface area contributed by atoms with Gasteiger partial charge >= 0.3 is 5.97 Å². The van der Waals surface area contributed by atoms with Crippen LogP contribution in [0.3, 0.4) is 0 Å². The van der Waals surface area contributed by atoms with Crippen LogP contribution >= 0.6 is 0 Å². The van der Waals surface area contributed by atoms with Crippen molar-refractivity contribution >= 4 is 27.7 Å². The van der Waals surface area contributed by atoms with Crippen molar-refractivity contribution in [1.29, 1.82) is 5.26 Å². The molecule has 0 spiro atoms. The summed E-state index contributed by atoms with van der Waals surface area (Å²) in [4.78, 5) is 11.2. The highest BCUT2D eigenvalue weighted by Crippen LogP contribution is 2.36. The van der Waals surface area contributed by atoms with Crippen LogP contribution in [0.1, 0.15) is 16.1 Å². The van der Waals surface area contributed by atoms with E-state index in [0.29, 0.717) is 11.1 Å². The van der Waals surface area contributed by atoms with E-state index < -0.39 is 5.97 Å². The number of hydrogen-bond acceptors (Lipinski definition) is 3. The predicted molar refractivity (Wildman–Crippen MR) is 90.8 cm³/mol. The molecule has 0 saturated heterocycles. The topological polar surface area (TPSA) is 74.2 Å². The van der Waals surface area contributed by atoms with Crippen LogP contribution in [0.4, 0.5) is 0 Å². The molecule has 0 amide bonds. The van der Waals surface area contributed by atoms with Gasteiger partial charge in [0.2, 0.25) is 5.76 Å². The first kappa shape index (κ1) is 14.0. The van der Waals surface area contributed by atoms with Crippen molar-refractivity contribution in [1.82, 2.24) is 0 Å².